The molecule has 12 atom stereocenters. The summed E-state index contributed by atoms with van der Waals surface area (Å²) in [5.74, 6) is -0.230. The maximum absolute atomic E-state index is 13.4. The van der Waals surface area contributed by atoms with Gasteiger partial charge in [-0.1, -0.05) is 378 Å². The Morgan fingerprint density at radius 1 is 0.367 bits per heavy atom. The number of aliphatic hydroxyl groups is 8. The molecule has 0 aromatic rings. The van der Waals surface area contributed by atoms with Crippen LogP contribution in [-0.2, 0) is 23.7 Å². The van der Waals surface area contributed by atoms with Crippen molar-refractivity contribution < 1.29 is 64.6 Å². The first-order valence-corrected chi connectivity index (χ1v) is 42.2. The van der Waals surface area contributed by atoms with Crippen molar-refractivity contribution in [3.8, 4) is 0 Å². The zero-order valence-corrected chi connectivity index (χ0v) is 63.6. The molecule has 14 heteroatoms. The van der Waals surface area contributed by atoms with E-state index in [9.17, 15) is 45.6 Å². The number of carbonyl (C=O) groups excluding carboxylic acids is 1. The van der Waals surface area contributed by atoms with Crippen molar-refractivity contribution in [3.05, 3.63) is 36.5 Å². The van der Waals surface area contributed by atoms with Crippen LogP contribution in [0.2, 0.25) is 0 Å². The van der Waals surface area contributed by atoms with Crippen LogP contribution in [-0.4, -0.2) is 140 Å². The molecule has 9 N–H and O–H groups in total. The molecule has 14 nitrogen and oxygen atoms in total. The first-order chi connectivity index (χ1) is 48.1. The predicted octanol–water partition coefficient (Wildman–Crippen LogP) is 19.6. The molecule has 0 bridgehead atoms. The van der Waals surface area contributed by atoms with Crippen molar-refractivity contribution in [1.29, 1.82) is 0 Å². The van der Waals surface area contributed by atoms with E-state index in [0.29, 0.717) is 6.42 Å². The van der Waals surface area contributed by atoms with E-state index in [0.717, 1.165) is 44.9 Å². The largest absolute Gasteiger partial charge is 0.394 e. The summed E-state index contributed by atoms with van der Waals surface area (Å²) in [7, 11) is 0. The lowest BCUT2D eigenvalue weighted by Gasteiger charge is -2.46. The number of amides is 1. The van der Waals surface area contributed by atoms with Crippen molar-refractivity contribution >= 4 is 5.91 Å². The highest BCUT2D eigenvalue weighted by atomic mass is 16.7. The fraction of sp³-hybridized carbons (Fsp3) is 0.917. The second kappa shape index (κ2) is 68.3. The molecule has 0 spiro atoms. The third kappa shape index (κ3) is 50.6. The number of nitrogens with one attached hydrogen (secondary N) is 1. The zero-order valence-electron chi connectivity index (χ0n) is 63.6. The Bertz CT molecular complexity index is 1780. The van der Waals surface area contributed by atoms with Crippen LogP contribution in [0.25, 0.3) is 0 Å². The predicted molar refractivity (Wildman–Crippen MR) is 406 cm³/mol. The molecule has 2 fully saturated rings. The summed E-state index contributed by atoms with van der Waals surface area (Å²) in [5.41, 5.74) is 0. The second-order valence-electron chi connectivity index (χ2n) is 30.0. The van der Waals surface area contributed by atoms with Crippen molar-refractivity contribution in [1.82, 2.24) is 5.32 Å². The molecule has 2 heterocycles. The van der Waals surface area contributed by atoms with Gasteiger partial charge in [0.2, 0.25) is 5.91 Å². The van der Waals surface area contributed by atoms with Gasteiger partial charge in [0.15, 0.2) is 12.6 Å². The van der Waals surface area contributed by atoms with Gasteiger partial charge in [0, 0.05) is 6.42 Å². The number of hydrogen-bond acceptors (Lipinski definition) is 13. The van der Waals surface area contributed by atoms with Crippen LogP contribution in [0.4, 0.5) is 0 Å². The molecular formula is C84H159NO13. The molecule has 0 aliphatic carbocycles. The van der Waals surface area contributed by atoms with Crippen LogP contribution in [0.1, 0.15) is 399 Å². The van der Waals surface area contributed by atoms with E-state index < -0.39 is 86.8 Å². The molecular weight excluding hydrogens is 1230 g/mol. The van der Waals surface area contributed by atoms with E-state index in [1.807, 2.05) is 6.08 Å². The summed E-state index contributed by atoms with van der Waals surface area (Å²) in [4.78, 5) is 13.4. The highest BCUT2D eigenvalue weighted by molar-refractivity contribution is 5.76. The minimum atomic E-state index is -1.79. The Hall–Kier alpha value is -1.79. The molecule has 2 rings (SSSR count). The summed E-state index contributed by atoms with van der Waals surface area (Å²) in [6, 6.07) is -0.915. The lowest BCUT2D eigenvalue weighted by molar-refractivity contribution is -0.359. The van der Waals surface area contributed by atoms with E-state index >= 15 is 0 Å². The quantitative estimate of drug-likeness (QED) is 0.0204. The molecule has 578 valence electrons. The van der Waals surface area contributed by atoms with Gasteiger partial charge < -0.3 is 65.1 Å². The Kier molecular flexibility index (Phi) is 64.3. The Balaban J connectivity index is 1.59. The van der Waals surface area contributed by atoms with E-state index in [2.05, 4.69) is 43.5 Å². The number of unbranched alkanes of at least 4 members (excludes halogenated alkanes) is 55. The zero-order chi connectivity index (χ0) is 70.8. The van der Waals surface area contributed by atoms with Gasteiger partial charge in [-0.05, 0) is 51.4 Å². The van der Waals surface area contributed by atoms with E-state index in [4.69, 9.17) is 18.9 Å². The van der Waals surface area contributed by atoms with Crippen LogP contribution >= 0.6 is 0 Å². The minimum absolute atomic E-state index is 0.230. The minimum Gasteiger partial charge on any atom is -0.394 e. The topological polar surface area (TPSA) is 228 Å². The van der Waals surface area contributed by atoms with Gasteiger partial charge in [-0.2, -0.15) is 0 Å². The van der Waals surface area contributed by atoms with Crippen LogP contribution in [0.15, 0.2) is 36.5 Å². The van der Waals surface area contributed by atoms with Crippen molar-refractivity contribution in [3.63, 3.8) is 0 Å². The highest BCUT2D eigenvalue weighted by Crippen LogP contribution is 2.30. The Labute approximate surface area is 601 Å². The highest BCUT2D eigenvalue weighted by Gasteiger charge is 2.51. The van der Waals surface area contributed by atoms with Gasteiger partial charge in [-0.25, -0.2) is 0 Å². The van der Waals surface area contributed by atoms with Gasteiger partial charge >= 0.3 is 0 Å². The summed E-state index contributed by atoms with van der Waals surface area (Å²) >= 11 is 0. The van der Waals surface area contributed by atoms with Gasteiger partial charge in [0.1, 0.15) is 48.8 Å². The lowest BCUT2D eigenvalue weighted by atomic mass is 9.97. The van der Waals surface area contributed by atoms with E-state index in [1.54, 1.807) is 6.08 Å². The van der Waals surface area contributed by atoms with Crippen LogP contribution in [0, 0.1) is 0 Å². The van der Waals surface area contributed by atoms with Crippen LogP contribution in [0.3, 0.4) is 0 Å². The smallest absolute Gasteiger partial charge is 0.220 e. The third-order valence-corrected chi connectivity index (χ3v) is 20.8. The van der Waals surface area contributed by atoms with Gasteiger partial charge in [-0.3, -0.25) is 4.79 Å². The Morgan fingerprint density at radius 3 is 1.02 bits per heavy atom. The first kappa shape index (κ1) is 92.3. The first-order valence-electron chi connectivity index (χ1n) is 42.2. The normalized spacial score (nSPS) is 22.1. The molecule has 98 heavy (non-hydrogen) atoms. The Morgan fingerprint density at radius 2 is 0.673 bits per heavy atom. The molecule has 12 unspecified atom stereocenters. The second-order valence-corrected chi connectivity index (χ2v) is 30.0. The van der Waals surface area contributed by atoms with Crippen molar-refractivity contribution in [2.75, 3.05) is 19.8 Å². The fourth-order valence-corrected chi connectivity index (χ4v) is 14.2. The summed E-state index contributed by atoms with van der Waals surface area (Å²) < 4.78 is 22.9. The molecule has 1 amide bonds. The summed E-state index contributed by atoms with van der Waals surface area (Å²) in [6.45, 7) is 2.86. The summed E-state index contributed by atoms with van der Waals surface area (Å²) in [5, 5.41) is 87.8. The SMILES string of the molecule is CCCCCCC/C=C\C/C=C\CCCCCCCCCCCCCCCCCCCCCCCCCC(=O)NC(COC1OC(CO)C(OC2OC(CO)C(O)C(O)C2O)C(O)C1O)C(O)/C=C/CCCCCCCCCCCCCCCCCCCCCCCCCCCCC. The maximum atomic E-state index is 13.4. The van der Waals surface area contributed by atoms with Crippen LogP contribution in [0.5, 0.6) is 0 Å². The van der Waals surface area contributed by atoms with Gasteiger partial charge in [0.25, 0.3) is 0 Å². The standard InChI is InChI=1S/C84H159NO13/c1-3-5-7-9-11-13-15-17-19-21-23-25-27-29-31-33-34-35-36-37-38-40-42-44-46-48-50-52-54-56-58-60-62-64-66-68-76(89)85-72(71-95-83-81(94)79(92)82(75(70-87)97-83)98-84-80(93)78(91)77(90)74(69-86)96-84)73(88)67-65-63-61-59-57-55-53-51-49-47-45-43-41-39-32-30-28-26-24-22-20-18-16-14-12-10-8-6-4-2/h15,17,21,23,65,67,72-75,77-84,86-88,90-94H,3-14,16,18-20,22,24-64,66,68-71H2,1-2H3,(H,85,89)/b17-15-,23-21-,67-65+. The molecule has 2 aliphatic heterocycles. The molecule has 0 radical (unpaired) electrons. The molecule has 2 aliphatic rings. The molecule has 0 saturated carbocycles. The summed E-state index contributed by atoms with van der Waals surface area (Å²) in [6.07, 6.45) is 73.8. The number of hydrogen-bond donors (Lipinski definition) is 9. The third-order valence-electron chi connectivity index (χ3n) is 20.8. The average Bonchev–Trinajstić information content (AvgIpc) is 0.797. The van der Waals surface area contributed by atoms with Crippen LogP contribution < -0.4 is 5.32 Å². The average molecular weight is 1390 g/mol. The maximum Gasteiger partial charge on any atom is 0.220 e. The van der Waals surface area contributed by atoms with E-state index in [-0.39, 0.29) is 18.9 Å². The fourth-order valence-electron chi connectivity index (χ4n) is 14.2. The number of rotatable bonds is 72. The number of carbonyl (C=O) groups is 1. The molecule has 0 aromatic heterocycles. The van der Waals surface area contributed by atoms with E-state index in [1.165, 1.54) is 327 Å². The number of allylic oxidation sites excluding steroid dienone is 5. The molecule has 2 saturated heterocycles. The lowest BCUT2D eigenvalue weighted by Crippen LogP contribution is -2.65. The number of aliphatic hydroxyl groups excluding tert-OH is 8. The number of ether oxygens (including phenoxy) is 4. The van der Waals surface area contributed by atoms with Crippen molar-refractivity contribution in [2.45, 2.75) is 473 Å². The molecule has 0 aromatic carbocycles. The van der Waals surface area contributed by atoms with Gasteiger partial charge in [0.05, 0.1) is 32.0 Å². The van der Waals surface area contributed by atoms with Gasteiger partial charge in [-0.15, -0.1) is 0 Å². The van der Waals surface area contributed by atoms with Crippen molar-refractivity contribution in [2.24, 2.45) is 0 Å². The monoisotopic (exact) mass is 1390 g/mol.